The molecule has 112 valence electrons. The summed E-state index contributed by atoms with van der Waals surface area (Å²) in [7, 11) is -3.24. The highest BCUT2D eigenvalue weighted by atomic mass is 32.2. The van der Waals surface area contributed by atoms with Gasteiger partial charge in [0.25, 0.3) is 0 Å². The number of benzene rings is 1. The van der Waals surface area contributed by atoms with E-state index in [9.17, 15) is 8.42 Å². The van der Waals surface area contributed by atoms with Gasteiger partial charge in [-0.15, -0.1) is 0 Å². The standard InChI is InChI=1S/C15H24N2O2S/c1-12-6-5-7-13(10-12)11-16-14-8-3-4-9-15(14)17-20(2,18)19/h3-4,8-9,12-13,16-17H,5-7,10-11H2,1-2H3. The Labute approximate surface area is 122 Å². The van der Waals surface area contributed by atoms with Crippen LogP contribution in [-0.2, 0) is 10.0 Å². The summed E-state index contributed by atoms with van der Waals surface area (Å²) in [4.78, 5) is 0. The molecule has 0 amide bonds. The van der Waals surface area contributed by atoms with E-state index in [0.29, 0.717) is 11.6 Å². The molecule has 20 heavy (non-hydrogen) atoms. The third kappa shape index (κ3) is 4.71. The third-order valence-corrected chi connectivity index (χ3v) is 4.44. The molecule has 0 spiro atoms. The summed E-state index contributed by atoms with van der Waals surface area (Å²) < 4.78 is 25.3. The molecule has 2 N–H and O–H groups in total. The molecule has 1 aliphatic rings. The van der Waals surface area contributed by atoms with Gasteiger partial charge in [-0.3, -0.25) is 4.72 Å². The predicted octanol–water partition coefficient (Wildman–Crippen LogP) is 3.30. The Morgan fingerprint density at radius 1 is 1.20 bits per heavy atom. The summed E-state index contributed by atoms with van der Waals surface area (Å²) in [5.41, 5.74) is 1.48. The van der Waals surface area contributed by atoms with E-state index < -0.39 is 10.0 Å². The highest BCUT2D eigenvalue weighted by molar-refractivity contribution is 7.92. The van der Waals surface area contributed by atoms with Gasteiger partial charge in [0.2, 0.25) is 10.0 Å². The van der Waals surface area contributed by atoms with Crippen molar-refractivity contribution in [1.82, 2.24) is 0 Å². The highest BCUT2D eigenvalue weighted by Gasteiger charge is 2.18. The fourth-order valence-corrected chi connectivity index (χ4v) is 3.50. The normalized spacial score (nSPS) is 23.3. The minimum Gasteiger partial charge on any atom is -0.383 e. The van der Waals surface area contributed by atoms with Crippen LogP contribution in [0.15, 0.2) is 24.3 Å². The van der Waals surface area contributed by atoms with E-state index in [0.717, 1.165) is 18.2 Å². The van der Waals surface area contributed by atoms with E-state index in [2.05, 4.69) is 17.0 Å². The Balaban J connectivity index is 1.98. The minimum atomic E-state index is -3.24. The molecule has 0 heterocycles. The van der Waals surface area contributed by atoms with Crippen LogP contribution in [0, 0.1) is 11.8 Å². The van der Waals surface area contributed by atoms with E-state index in [-0.39, 0.29) is 0 Å². The Morgan fingerprint density at radius 3 is 2.55 bits per heavy atom. The molecule has 2 unspecified atom stereocenters. The van der Waals surface area contributed by atoms with Crippen molar-refractivity contribution < 1.29 is 8.42 Å². The lowest BCUT2D eigenvalue weighted by Gasteiger charge is -2.27. The van der Waals surface area contributed by atoms with Gasteiger partial charge in [0, 0.05) is 6.54 Å². The summed E-state index contributed by atoms with van der Waals surface area (Å²) in [5.74, 6) is 1.49. The SMILES string of the molecule is CC1CCCC(CNc2ccccc2NS(C)(=O)=O)C1. The second-order valence-electron chi connectivity index (χ2n) is 5.94. The van der Waals surface area contributed by atoms with Gasteiger partial charge in [-0.2, -0.15) is 0 Å². The monoisotopic (exact) mass is 296 g/mol. The average Bonchev–Trinajstić information content (AvgIpc) is 2.36. The van der Waals surface area contributed by atoms with Crippen LogP contribution >= 0.6 is 0 Å². The number of hydrogen-bond donors (Lipinski definition) is 2. The van der Waals surface area contributed by atoms with Gasteiger partial charge in [0.05, 0.1) is 17.6 Å². The van der Waals surface area contributed by atoms with Crippen molar-refractivity contribution in [3.63, 3.8) is 0 Å². The molecule has 1 saturated carbocycles. The second-order valence-corrected chi connectivity index (χ2v) is 7.69. The molecule has 1 aromatic carbocycles. The van der Waals surface area contributed by atoms with Gasteiger partial charge < -0.3 is 5.32 Å². The topological polar surface area (TPSA) is 58.2 Å². The van der Waals surface area contributed by atoms with Gasteiger partial charge in [-0.1, -0.05) is 31.9 Å². The maximum absolute atomic E-state index is 11.4. The van der Waals surface area contributed by atoms with Gasteiger partial charge >= 0.3 is 0 Å². The molecule has 5 heteroatoms. The van der Waals surface area contributed by atoms with Gasteiger partial charge in [0.15, 0.2) is 0 Å². The fraction of sp³-hybridized carbons (Fsp3) is 0.600. The quantitative estimate of drug-likeness (QED) is 0.876. The van der Waals surface area contributed by atoms with Crippen LogP contribution in [0.3, 0.4) is 0 Å². The van der Waals surface area contributed by atoms with Crippen LogP contribution in [0.1, 0.15) is 32.6 Å². The van der Waals surface area contributed by atoms with E-state index in [1.807, 2.05) is 18.2 Å². The lowest BCUT2D eigenvalue weighted by Crippen LogP contribution is -2.21. The first kappa shape index (κ1) is 15.2. The molecule has 2 rings (SSSR count). The van der Waals surface area contributed by atoms with Crippen molar-refractivity contribution in [1.29, 1.82) is 0 Å². The van der Waals surface area contributed by atoms with Gasteiger partial charge in [-0.25, -0.2) is 8.42 Å². The third-order valence-electron chi connectivity index (χ3n) is 3.85. The molecule has 0 radical (unpaired) electrons. The molecular formula is C15H24N2O2S. The second kappa shape index (κ2) is 6.48. The van der Waals surface area contributed by atoms with Crippen LogP contribution in [0.5, 0.6) is 0 Å². The van der Waals surface area contributed by atoms with Crippen molar-refractivity contribution in [2.75, 3.05) is 22.8 Å². The van der Waals surface area contributed by atoms with Gasteiger partial charge in [0.1, 0.15) is 0 Å². The summed E-state index contributed by atoms with van der Waals surface area (Å²) in [5, 5.41) is 3.40. The first-order valence-corrected chi connectivity index (χ1v) is 9.14. The van der Waals surface area contributed by atoms with Crippen molar-refractivity contribution in [3.8, 4) is 0 Å². The summed E-state index contributed by atoms with van der Waals surface area (Å²) in [6, 6.07) is 7.45. The molecule has 4 nitrogen and oxygen atoms in total. The molecule has 1 aliphatic carbocycles. The predicted molar refractivity (Wildman–Crippen MR) is 84.5 cm³/mol. The van der Waals surface area contributed by atoms with Crippen molar-refractivity contribution in [2.24, 2.45) is 11.8 Å². The van der Waals surface area contributed by atoms with Crippen LogP contribution in [-0.4, -0.2) is 21.2 Å². The zero-order chi connectivity index (χ0) is 14.6. The number of anilines is 2. The van der Waals surface area contributed by atoms with Crippen molar-refractivity contribution in [2.45, 2.75) is 32.6 Å². The minimum absolute atomic E-state index is 0.624. The Bertz CT molecular complexity index is 543. The highest BCUT2D eigenvalue weighted by Crippen LogP contribution is 2.29. The van der Waals surface area contributed by atoms with Crippen molar-refractivity contribution >= 4 is 21.4 Å². The van der Waals surface area contributed by atoms with E-state index >= 15 is 0 Å². The van der Waals surface area contributed by atoms with Crippen LogP contribution in [0.4, 0.5) is 11.4 Å². The number of hydrogen-bond acceptors (Lipinski definition) is 3. The maximum Gasteiger partial charge on any atom is 0.229 e. The Kier molecular flexibility index (Phi) is 4.91. The molecular weight excluding hydrogens is 272 g/mol. The van der Waals surface area contributed by atoms with Crippen molar-refractivity contribution in [3.05, 3.63) is 24.3 Å². The van der Waals surface area contributed by atoms with Crippen LogP contribution in [0.2, 0.25) is 0 Å². The number of nitrogens with one attached hydrogen (secondary N) is 2. The molecule has 0 bridgehead atoms. The largest absolute Gasteiger partial charge is 0.383 e. The molecule has 0 saturated heterocycles. The molecule has 0 aromatic heterocycles. The zero-order valence-corrected chi connectivity index (χ0v) is 13.0. The number of rotatable bonds is 5. The maximum atomic E-state index is 11.4. The van der Waals surface area contributed by atoms with E-state index in [1.165, 1.54) is 31.9 Å². The fourth-order valence-electron chi connectivity index (χ4n) is 2.93. The van der Waals surface area contributed by atoms with E-state index in [4.69, 9.17) is 0 Å². The first-order chi connectivity index (χ1) is 9.44. The molecule has 2 atom stereocenters. The Morgan fingerprint density at radius 2 is 1.90 bits per heavy atom. The smallest absolute Gasteiger partial charge is 0.229 e. The molecule has 0 aliphatic heterocycles. The summed E-state index contributed by atoms with van der Waals surface area (Å²) in [6.45, 7) is 3.22. The molecule has 1 fully saturated rings. The summed E-state index contributed by atoms with van der Waals surface area (Å²) >= 11 is 0. The first-order valence-electron chi connectivity index (χ1n) is 7.25. The Hall–Kier alpha value is -1.23. The van der Waals surface area contributed by atoms with Crippen LogP contribution in [0.25, 0.3) is 0 Å². The van der Waals surface area contributed by atoms with Crippen LogP contribution < -0.4 is 10.0 Å². The van der Waals surface area contributed by atoms with E-state index in [1.54, 1.807) is 6.07 Å². The number of para-hydroxylation sites is 2. The summed E-state index contributed by atoms with van der Waals surface area (Å²) in [6.07, 6.45) is 6.33. The lowest BCUT2D eigenvalue weighted by molar-refractivity contribution is 0.293. The zero-order valence-electron chi connectivity index (χ0n) is 12.2. The number of sulfonamides is 1. The lowest BCUT2D eigenvalue weighted by atomic mass is 9.82. The van der Waals surface area contributed by atoms with Gasteiger partial charge in [-0.05, 0) is 36.8 Å². The molecule has 1 aromatic rings. The average molecular weight is 296 g/mol.